The number of ether oxygens (including phenoxy) is 2. The number of pyridine rings is 1. The molecule has 1 aliphatic rings. The molecule has 0 aliphatic carbocycles. The minimum absolute atomic E-state index is 0.691. The number of nitrogens with zero attached hydrogens (tertiary/aromatic N) is 2. The topological polar surface area (TPSA) is 34.6 Å². The average molecular weight is 252 g/mol. The Bertz CT molecular complexity index is 287. The highest BCUT2D eigenvalue weighted by Gasteiger charge is 2.09. The van der Waals surface area contributed by atoms with Crippen LogP contribution in [0.3, 0.4) is 0 Å². The lowest BCUT2D eigenvalue weighted by Crippen LogP contribution is -2.38. The van der Waals surface area contributed by atoms with E-state index in [0.29, 0.717) is 12.5 Å². The van der Waals surface area contributed by atoms with Crippen LogP contribution in [0.4, 0.5) is 0 Å². The number of rotatable bonds is 4. The van der Waals surface area contributed by atoms with E-state index < -0.39 is 0 Å². The average Bonchev–Trinajstić information content (AvgIpc) is 2.42. The van der Waals surface area contributed by atoms with Crippen LogP contribution < -0.4 is 4.74 Å². The van der Waals surface area contributed by atoms with Crippen LogP contribution in [-0.4, -0.2) is 49.3 Å². The summed E-state index contributed by atoms with van der Waals surface area (Å²) in [5.41, 5.74) is 0. The van der Waals surface area contributed by atoms with Crippen molar-refractivity contribution in [3.63, 3.8) is 0 Å². The second-order valence-corrected chi connectivity index (χ2v) is 4.18. The van der Waals surface area contributed by atoms with Crippen molar-refractivity contribution in [2.45, 2.75) is 20.3 Å². The van der Waals surface area contributed by atoms with E-state index in [1.165, 1.54) is 6.42 Å². The van der Waals surface area contributed by atoms with Crippen LogP contribution in [-0.2, 0) is 4.74 Å². The third kappa shape index (κ3) is 6.57. The summed E-state index contributed by atoms with van der Waals surface area (Å²) in [6, 6.07) is 5.69. The van der Waals surface area contributed by atoms with E-state index in [0.717, 1.165) is 32.8 Å². The first-order chi connectivity index (χ1) is 8.86. The molecule has 0 saturated carbocycles. The number of morpholine rings is 1. The third-order valence-electron chi connectivity index (χ3n) is 2.40. The van der Waals surface area contributed by atoms with Crippen molar-refractivity contribution in [2.75, 3.05) is 39.5 Å². The quantitative estimate of drug-likeness (QED) is 0.823. The van der Waals surface area contributed by atoms with E-state index in [1.807, 2.05) is 18.2 Å². The predicted octanol–water partition coefficient (Wildman–Crippen LogP) is 2.21. The lowest BCUT2D eigenvalue weighted by molar-refractivity contribution is 0.0320. The van der Waals surface area contributed by atoms with Gasteiger partial charge in [0.15, 0.2) is 0 Å². The summed E-state index contributed by atoms with van der Waals surface area (Å²) in [6.45, 7) is 9.57. The molecule has 1 aliphatic heterocycles. The second-order valence-electron chi connectivity index (χ2n) is 4.18. The van der Waals surface area contributed by atoms with Crippen molar-refractivity contribution < 1.29 is 9.47 Å². The molecule has 18 heavy (non-hydrogen) atoms. The molecule has 0 atom stereocenters. The van der Waals surface area contributed by atoms with E-state index >= 15 is 0 Å². The molecule has 0 aromatic carbocycles. The van der Waals surface area contributed by atoms with Gasteiger partial charge in [0.05, 0.1) is 13.2 Å². The van der Waals surface area contributed by atoms with Crippen LogP contribution in [0.1, 0.15) is 20.3 Å². The summed E-state index contributed by atoms with van der Waals surface area (Å²) in [5.74, 6) is 0.700. The predicted molar refractivity (Wildman–Crippen MR) is 73.0 cm³/mol. The SMILES string of the molecule is CCC.c1ccc(OCCN2CCOCC2)nc1. The molecule has 0 radical (unpaired) electrons. The zero-order valence-electron chi connectivity index (χ0n) is 11.5. The molecule has 0 bridgehead atoms. The molecule has 1 saturated heterocycles. The van der Waals surface area contributed by atoms with Gasteiger partial charge in [-0.3, -0.25) is 4.90 Å². The lowest BCUT2D eigenvalue weighted by Gasteiger charge is -2.26. The summed E-state index contributed by atoms with van der Waals surface area (Å²) in [7, 11) is 0. The first kappa shape index (κ1) is 14.9. The molecule has 0 N–H and O–H groups in total. The maximum absolute atomic E-state index is 5.52. The van der Waals surface area contributed by atoms with E-state index in [1.54, 1.807) is 6.20 Å². The summed E-state index contributed by atoms with van der Waals surface area (Å²) in [5, 5.41) is 0. The molecular formula is C14H24N2O2. The summed E-state index contributed by atoms with van der Waals surface area (Å²) in [6.07, 6.45) is 2.99. The van der Waals surface area contributed by atoms with E-state index in [-0.39, 0.29) is 0 Å². The number of hydrogen-bond acceptors (Lipinski definition) is 4. The minimum atomic E-state index is 0.691. The van der Waals surface area contributed by atoms with Gasteiger partial charge in [-0.25, -0.2) is 4.98 Å². The maximum Gasteiger partial charge on any atom is 0.213 e. The summed E-state index contributed by atoms with van der Waals surface area (Å²) < 4.78 is 10.8. The first-order valence-electron chi connectivity index (χ1n) is 6.70. The van der Waals surface area contributed by atoms with Crippen LogP contribution in [0.15, 0.2) is 24.4 Å². The fourth-order valence-corrected chi connectivity index (χ4v) is 1.54. The Morgan fingerprint density at radius 1 is 1.28 bits per heavy atom. The van der Waals surface area contributed by atoms with Crippen molar-refractivity contribution in [3.8, 4) is 5.88 Å². The van der Waals surface area contributed by atoms with Gasteiger partial charge in [0.2, 0.25) is 5.88 Å². The fraction of sp³-hybridized carbons (Fsp3) is 0.643. The molecule has 0 unspecified atom stereocenters. The van der Waals surface area contributed by atoms with Gasteiger partial charge in [-0.15, -0.1) is 0 Å². The monoisotopic (exact) mass is 252 g/mol. The van der Waals surface area contributed by atoms with Crippen LogP contribution in [0.25, 0.3) is 0 Å². The molecule has 0 spiro atoms. The Kier molecular flexibility index (Phi) is 8.17. The van der Waals surface area contributed by atoms with Crippen LogP contribution >= 0.6 is 0 Å². The first-order valence-corrected chi connectivity index (χ1v) is 6.70. The zero-order chi connectivity index (χ0) is 13.1. The molecule has 2 heterocycles. The van der Waals surface area contributed by atoms with Crippen molar-refractivity contribution in [3.05, 3.63) is 24.4 Å². The standard InChI is InChI=1S/C11H16N2O2.C3H8/c1-2-4-12-11(3-1)15-10-7-13-5-8-14-9-6-13;1-3-2/h1-4H,5-10H2;3H2,1-2H3. The van der Waals surface area contributed by atoms with Gasteiger partial charge in [0, 0.05) is 31.9 Å². The molecule has 1 fully saturated rings. The minimum Gasteiger partial charge on any atom is -0.476 e. The van der Waals surface area contributed by atoms with E-state index in [2.05, 4.69) is 23.7 Å². The van der Waals surface area contributed by atoms with Crippen molar-refractivity contribution in [2.24, 2.45) is 0 Å². The van der Waals surface area contributed by atoms with Gasteiger partial charge in [-0.2, -0.15) is 0 Å². The molecule has 0 amide bonds. The summed E-state index contributed by atoms with van der Waals surface area (Å²) in [4.78, 5) is 6.44. The Morgan fingerprint density at radius 3 is 2.61 bits per heavy atom. The Balaban J connectivity index is 0.000000492. The normalized spacial score (nSPS) is 15.7. The van der Waals surface area contributed by atoms with Crippen molar-refractivity contribution in [1.29, 1.82) is 0 Å². The van der Waals surface area contributed by atoms with Gasteiger partial charge in [0.25, 0.3) is 0 Å². The van der Waals surface area contributed by atoms with Gasteiger partial charge in [-0.05, 0) is 6.07 Å². The van der Waals surface area contributed by atoms with E-state index in [4.69, 9.17) is 9.47 Å². The molecular weight excluding hydrogens is 228 g/mol. The molecule has 1 aromatic rings. The zero-order valence-corrected chi connectivity index (χ0v) is 11.5. The second kappa shape index (κ2) is 9.85. The number of hydrogen-bond donors (Lipinski definition) is 0. The largest absolute Gasteiger partial charge is 0.476 e. The Hall–Kier alpha value is -1.13. The van der Waals surface area contributed by atoms with Gasteiger partial charge >= 0.3 is 0 Å². The van der Waals surface area contributed by atoms with Crippen molar-refractivity contribution in [1.82, 2.24) is 9.88 Å². The van der Waals surface area contributed by atoms with Crippen LogP contribution in [0.2, 0.25) is 0 Å². The Morgan fingerprint density at radius 2 is 2.00 bits per heavy atom. The molecule has 4 heteroatoms. The van der Waals surface area contributed by atoms with Gasteiger partial charge in [-0.1, -0.05) is 26.3 Å². The highest BCUT2D eigenvalue weighted by molar-refractivity contribution is 5.08. The highest BCUT2D eigenvalue weighted by Crippen LogP contribution is 2.03. The number of aromatic nitrogens is 1. The van der Waals surface area contributed by atoms with Gasteiger partial charge in [0.1, 0.15) is 6.61 Å². The van der Waals surface area contributed by atoms with Gasteiger partial charge < -0.3 is 9.47 Å². The van der Waals surface area contributed by atoms with E-state index in [9.17, 15) is 0 Å². The lowest BCUT2D eigenvalue weighted by atomic mass is 10.4. The van der Waals surface area contributed by atoms with Crippen LogP contribution in [0.5, 0.6) is 5.88 Å². The van der Waals surface area contributed by atoms with Crippen LogP contribution in [0, 0.1) is 0 Å². The Labute approximate surface area is 110 Å². The summed E-state index contributed by atoms with van der Waals surface area (Å²) >= 11 is 0. The molecule has 4 nitrogen and oxygen atoms in total. The highest BCUT2D eigenvalue weighted by atomic mass is 16.5. The smallest absolute Gasteiger partial charge is 0.213 e. The molecule has 102 valence electrons. The molecule has 1 aromatic heterocycles. The molecule has 2 rings (SSSR count). The maximum atomic E-state index is 5.52. The van der Waals surface area contributed by atoms with Crippen molar-refractivity contribution >= 4 is 0 Å². The fourth-order valence-electron chi connectivity index (χ4n) is 1.54. The third-order valence-corrected chi connectivity index (χ3v) is 2.40.